The lowest BCUT2D eigenvalue weighted by molar-refractivity contribution is -0.122. The van der Waals surface area contributed by atoms with E-state index in [0.717, 1.165) is 0 Å². The highest BCUT2D eigenvalue weighted by molar-refractivity contribution is 5.94. The highest BCUT2D eigenvalue weighted by Gasteiger charge is 2.15. The third-order valence-corrected chi connectivity index (χ3v) is 3.20. The molecule has 1 atom stereocenters. The largest absolute Gasteiger partial charge is 0.497 e. The molecule has 0 fully saturated rings. The van der Waals surface area contributed by atoms with Gasteiger partial charge in [-0.15, -0.1) is 0 Å². The van der Waals surface area contributed by atoms with Gasteiger partial charge in [0.05, 0.1) is 13.2 Å². The fraction of sp³-hybridized carbons (Fsp3) is 0.316. The molecule has 0 aliphatic rings. The highest BCUT2D eigenvalue weighted by Crippen LogP contribution is 2.21. The van der Waals surface area contributed by atoms with Crippen molar-refractivity contribution in [3.05, 3.63) is 48.5 Å². The number of carbonyl (C=O) groups excluding carboxylic acids is 1. The second kappa shape index (κ2) is 8.24. The van der Waals surface area contributed by atoms with E-state index in [0.29, 0.717) is 22.9 Å². The number of hydrogen-bond acceptors (Lipinski definition) is 4. The van der Waals surface area contributed by atoms with E-state index in [1.165, 1.54) is 0 Å². The van der Waals surface area contributed by atoms with Crippen LogP contribution < -0.4 is 19.5 Å². The number of methoxy groups -OCH3 is 1. The molecule has 0 saturated carbocycles. The van der Waals surface area contributed by atoms with Gasteiger partial charge < -0.3 is 19.5 Å². The molecular formula is C19H23NO4. The standard InChI is InChI=1S/C19H23NO4/c1-13(2)23-17-9-5-7-15(11-17)20-19(21)14(3)24-18-10-6-8-16(12-18)22-4/h5-14H,1-4H3,(H,20,21). The maximum atomic E-state index is 12.3. The Bertz CT molecular complexity index is 685. The number of hydrogen-bond donors (Lipinski definition) is 1. The van der Waals surface area contributed by atoms with Crippen molar-refractivity contribution in [2.24, 2.45) is 0 Å². The van der Waals surface area contributed by atoms with Crippen LogP contribution in [0.3, 0.4) is 0 Å². The molecule has 0 saturated heterocycles. The molecule has 0 aromatic heterocycles. The van der Waals surface area contributed by atoms with E-state index < -0.39 is 6.10 Å². The van der Waals surface area contributed by atoms with Gasteiger partial charge in [0.25, 0.3) is 5.91 Å². The lowest BCUT2D eigenvalue weighted by Gasteiger charge is -2.16. The maximum absolute atomic E-state index is 12.3. The molecule has 128 valence electrons. The van der Waals surface area contributed by atoms with Crippen molar-refractivity contribution in [3.63, 3.8) is 0 Å². The first-order chi connectivity index (χ1) is 11.5. The molecule has 1 unspecified atom stereocenters. The van der Waals surface area contributed by atoms with Gasteiger partial charge >= 0.3 is 0 Å². The maximum Gasteiger partial charge on any atom is 0.265 e. The normalized spacial score (nSPS) is 11.7. The summed E-state index contributed by atoms with van der Waals surface area (Å²) >= 11 is 0. The smallest absolute Gasteiger partial charge is 0.265 e. The van der Waals surface area contributed by atoms with Crippen molar-refractivity contribution < 1.29 is 19.0 Å². The van der Waals surface area contributed by atoms with Gasteiger partial charge in [-0.1, -0.05) is 12.1 Å². The van der Waals surface area contributed by atoms with Gasteiger partial charge in [-0.2, -0.15) is 0 Å². The molecule has 1 N–H and O–H groups in total. The number of rotatable bonds is 7. The van der Waals surface area contributed by atoms with E-state index in [1.807, 2.05) is 44.2 Å². The predicted molar refractivity (Wildman–Crippen MR) is 93.9 cm³/mol. The van der Waals surface area contributed by atoms with Crippen molar-refractivity contribution in [2.45, 2.75) is 33.0 Å². The Morgan fingerprint density at radius 1 is 0.917 bits per heavy atom. The Morgan fingerprint density at radius 3 is 2.21 bits per heavy atom. The average Bonchev–Trinajstić information content (AvgIpc) is 2.54. The zero-order chi connectivity index (χ0) is 17.5. The summed E-state index contributed by atoms with van der Waals surface area (Å²) in [5.41, 5.74) is 0.666. The minimum absolute atomic E-state index is 0.0752. The zero-order valence-corrected chi connectivity index (χ0v) is 14.4. The predicted octanol–water partition coefficient (Wildman–Crippen LogP) is 3.89. The van der Waals surface area contributed by atoms with Crippen LogP contribution in [-0.4, -0.2) is 25.2 Å². The molecular weight excluding hydrogens is 306 g/mol. The van der Waals surface area contributed by atoms with Crippen LogP contribution in [0.5, 0.6) is 17.2 Å². The summed E-state index contributed by atoms with van der Waals surface area (Å²) in [5.74, 6) is 1.73. The number of amides is 1. The van der Waals surface area contributed by atoms with E-state index >= 15 is 0 Å². The molecule has 0 heterocycles. The summed E-state index contributed by atoms with van der Waals surface area (Å²) in [6.45, 7) is 5.61. The van der Waals surface area contributed by atoms with Crippen LogP contribution in [0.25, 0.3) is 0 Å². The Hall–Kier alpha value is -2.69. The fourth-order valence-corrected chi connectivity index (χ4v) is 2.10. The van der Waals surface area contributed by atoms with E-state index in [4.69, 9.17) is 14.2 Å². The van der Waals surface area contributed by atoms with E-state index in [-0.39, 0.29) is 12.0 Å². The second-order valence-corrected chi connectivity index (χ2v) is 5.62. The lowest BCUT2D eigenvalue weighted by Crippen LogP contribution is -2.30. The first-order valence-corrected chi connectivity index (χ1v) is 7.86. The third kappa shape index (κ3) is 5.19. The van der Waals surface area contributed by atoms with Crippen molar-refractivity contribution >= 4 is 11.6 Å². The minimum atomic E-state index is -0.647. The van der Waals surface area contributed by atoms with Gasteiger partial charge in [0.1, 0.15) is 17.2 Å². The molecule has 1 amide bonds. The SMILES string of the molecule is COc1cccc(OC(C)C(=O)Nc2cccc(OC(C)C)c2)c1. The van der Waals surface area contributed by atoms with Crippen molar-refractivity contribution in [2.75, 3.05) is 12.4 Å². The summed E-state index contributed by atoms with van der Waals surface area (Å²) in [5, 5.41) is 2.83. The number of benzene rings is 2. The molecule has 0 aliphatic carbocycles. The van der Waals surface area contributed by atoms with Gasteiger partial charge in [-0.25, -0.2) is 0 Å². The monoisotopic (exact) mass is 329 g/mol. The quantitative estimate of drug-likeness (QED) is 0.837. The van der Waals surface area contributed by atoms with Crippen LogP contribution in [0.2, 0.25) is 0 Å². The Balaban J connectivity index is 1.98. The molecule has 0 spiro atoms. The third-order valence-electron chi connectivity index (χ3n) is 3.20. The molecule has 24 heavy (non-hydrogen) atoms. The van der Waals surface area contributed by atoms with Gasteiger partial charge in [-0.05, 0) is 45.0 Å². The molecule has 2 aromatic rings. The van der Waals surface area contributed by atoms with Crippen LogP contribution in [-0.2, 0) is 4.79 Å². The lowest BCUT2D eigenvalue weighted by atomic mass is 10.2. The van der Waals surface area contributed by atoms with E-state index in [1.54, 1.807) is 32.2 Å². The Morgan fingerprint density at radius 2 is 1.54 bits per heavy atom. The summed E-state index contributed by atoms with van der Waals surface area (Å²) < 4.78 is 16.4. The van der Waals surface area contributed by atoms with Crippen LogP contribution in [0, 0.1) is 0 Å². The molecule has 0 radical (unpaired) electrons. The first-order valence-electron chi connectivity index (χ1n) is 7.86. The molecule has 2 rings (SSSR count). The summed E-state index contributed by atoms with van der Waals surface area (Å²) in [6, 6.07) is 14.4. The van der Waals surface area contributed by atoms with Crippen LogP contribution in [0.4, 0.5) is 5.69 Å². The summed E-state index contributed by atoms with van der Waals surface area (Å²) in [7, 11) is 1.58. The van der Waals surface area contributed by atoms with Gasteiger partial charge in [-0.3, -0.25) is 4.79 Å². The second-order valence-electron chi connectivity index (χ2n) is 5.62. The zero-order valence-electron chi connectivity index (χ0n) is 14.4. The van der Waals surface area contributed by atoms with Crippen molar-refractivity contribution in [3.8, 4) is 17.2 Å². The summed E-state index contributed by atoms with van der Waals surface area (Å²) in [6.07, 6.45) is -0.571. The minimum Gasteiger partial charge on any atom is -0.497 e. The van der Waals surface area contributed by atoms with Crippen LogP contribution in [0.1, 0.15) is 20.8 Å². The van der Waals surface area contributed by atoms with Crippen LogP contribution >= 0.6 is 0 Å². The van der Waals surface area contributed by atoms with Gasteiger partial charge in [0.2, 0.25) is 0 Å². The molecule has 2 aromatic carbocycles. The van der Waals surface area contributed by atoms with Crippen LogP contribution in [0.15, 0.2) is 48.5 Å². The molecule has 5 nitrogen and oxygen atoms in total. The van der Waals surface area contributed by atoms with E-state index in [2.05, 4.69) is 5.32 Å². The van der Waals surface area contributed by atoms with Crippen molar-refractivity contribution in [1.29, 1.82) is 0 Å². The molecule has 5 heteroatoms. The number of nitrogens with one attached hydrogen (secondary N) is 1. The number of anilines is 1. The summed E-state index contributed by atoms with van der Waals surface area (Å²) in [4.78, 5) is 12.3. The Kier molecular flexibility index (Phi) is 6.07. The van der Waals surface area contributed by atoms with Gasteiger partial charge in [0.15, 0.2) is 6.10 Å². The Labute approximate surface area is 142 Å². The number of ether oxygens (including phenoxy) is 3. The first kappa shape index (κ1) is 17.7. The number of carbonyl (C=O) groups is 1. The molecule has 0 aliphatic heterocycles. The average molecular weight is 329 g/mol. The highest BCUT2D eigenvalue weighted by atomic mass is 16.5. The molecule has 0 bridgehead atoms. The van der Waals surface area contributed by atoms with Crippen molar-refractivity contribution in [1.82, 2.24) is 0 Å². The topological polar surface area (TPSA) is 56.8 Å². The van der Waals surface area contributed by atoms with E-state index in [9.17, 15) is 4.79 Å². The van der Waals surface area contributed by atoms with Gasteiger partial charge in [0, 0.05) is 17.8 Å². The fourth-order valence-electron chi connectivity index (χ4n) is 2.10.